The maximum Gasteiger partial charge on any atom is 0.238 e. The number of aryl methyl sites for hydroxylation is 1. The minimum atomic E-state index is -0.164. The third-order valence-electron chi connectivity index (χ3n) is 3.24. The summed E-state index contributed by atoms with van der Waals surface area (Å²) in [5.41, 5.74) is 7.12. The second-order valence-corrected chi connectivity index (χ2v) is 6.25. The average Bonchev–Trinajstić information content (AvgIpc) is 2.58. The van der Waals surface area contributed by atoms with Crippen LogP contribution in [0.2, 0.25) is 5.02 Å². The van der Waals surface area contributed by atoms with Crippen molar-refractivity contribution < 1.29 is 9.53 Å². The molecule has 5 nitrogen and oxygen atoms in total. The van der Waals surface area contributed by atoms with Crippen molar-refractivity contribution in [2.45, 2.75) is 19.8 Å². The van der Waals surface area contributed by atoms with Crippen molar-refractivity contribution in [1.82, 2.24) is 10.9 Å². The molecule has 7 heteroatoms. The Kier molecular flexibility index (Phi) is 7.50. The minimum Gasteiger partial charge on any atom is -0.494 e. The third-order valence-corrected chi connectivity index (χ3v) is 3.68. The van der Waals surface area contributed by atoms with Gasteiger partial charge in [0.05, 0.1) is 6.61 Å². The lowest BCUT2D eigenvalue weighted by Gasteiger charge is -2.12. The second kappa shape index (κ2) is 9.86. The minimum absolute atomic E-state index is 0.164. The Bertz CT molecular complexity index is 723. The Morgan fingerprint density at radius 1 is 1.16 bits per heavy atom. The summed E-state index contributed by atoms with van der Waals surface area (Å²) < 4.78 is 5.58. The van der Waals surface area contributed by atoms with Gasteiger partial charge >= 0.3 is 0 Å². The molecule has 0 aliphatic carbocycles. The van der Waals surface area contributed by atoms with E-state index >= 15 is 0 Å². The van der Waals surface area contributed by atoms with E-state index in [1.165, 1.54) is 5.56 Å². The molecule has 2 rings (SSSR count). The van der Waals surface area contributed by atoms with Gasteiger partial charge in [0.2, 0.25) is 5.91 Å². The van der Waals surface area contributed by atoms with E-state index in [1.54, 1.807) is 18.2 Å². The fraction of sp³-hybridized carbons (Fsp3) is 0.222. The standard InChI is InChI=1S/C18H20ClN3O2S/c1-13-7-9-16(10-8-13)24-11-3-6-17(23)21-22-18(25)20-15-5-2-4-14(19)12-15/h2,4-5,7-10,12H,3,6,11H2,1H3,(H,21,23)(H2,20,22,25). The fourth-order valence-electron chi connectivity index (χ4n) is 1.97. The van der Waals surface area contributed by atoms with Crippen LogP contribution in [-0.2, 0) is 4.79 Å². The van der Waals surface area contributed by atoms with E-state index in [0.717, 1.165) is 11.4 Å². The molecule has 2 aromatic rings. The molecule has 2 aromatic carbocycles. The number of hydrogen-bond donors (Lipinski definition) is 3. The summed E-state index contributed by atoms with van der Waals surface area (Å²) in [6.07, 6.45) is 0.939. The Balaban J connectivity index is 1.60. The van der Waals surface area contributed by atoms with Crippen LogP contribution in [-0.4, -0.2) is 17.6 Å². The van der Waals surface area contributed by atoms with Gasteiger partial charge in [0.1, 0.15) is 5.75 Å². The number of nitrogens with one attached hydrogen (secondary N) is 3. The monoisotopic (exact) mass is 377 g/mol. The molecule has 0 fully saturated rings. The van der Waals surface area contributed by atoms with Crippen LogP contribution >= 0.6 is 23.8 Å². The summed E-state index contributed by atoms with van der Waals surface area (Å²) in [6.45, 7) is 2.49. The topological polar surface area (TPSA) is 62.4 Å². The molecule has 0 radical (unpaired) electrons. The largest absolute Gasteiger partial charge is 0.494 e. The number of thiocarbonyl (C=S) groups is 1. The van der Waals surface area contributed by atoms with Gasteiger partial charge in [0.25, 0.3) is 0 Å². The molecular weight excluding hydrogens is 358 g/mol. The van der Waals surface area contributed by atoms with Crippen molar-refractivity contribution in [3.05, 3.63) is 59.1 Å². The van der Waals surface area contributed by atoms with Gasteiger partial charge in [-0.25, -0.2) is 0 Å². The van der Waals surface area contributed by atoms with Gasteiger partial charge < -0.3 is 10.1 Å². The first kappa shape index (κ1) is 19.0. The highest BCUT2D eigenvalue weighted by Crippen LogP contribution is 2.14. The summed E-state index contributed by atoms with van der Waals surface area (Å²) in [6, 6.07) is 14.9. The molecule has 0 atom stereocenters. The first-order valence-electron chi connectivity index (χ1n) is 7.84. The molecule has 0 aliphatic rings. The first-order chi connectivity index (χ1) is 12.0. The Labute approximate surface area is 157 Å². The van der Waals surface area contributed by atoms with Crippen LogP contribution in [0.15, 0.2) is 48.5 Å². The summed E-state index contributed by atoms with van der Waals surface area (Å²) in [5, 5.41) is 3.81. The number of ether oxygens (including phenoxy) is 1. The quantitative estimate of drug-likeness (QED) is 0.406. The zero-order chi connectivity index (χ0) is 18.1. The van der Waals surface area contributed by atoms with Crippen molar-refractivity contribution in [2.24, 2.45) is 0 Å². The highest BCUT2D eigenvalue weighted by molar-refractivity contribution is 7.80. The van der Waals surface area contributed by atoms with Gasteiger partial charge in [-0.15, -0.1) is 0 Å². The van der Waals surface area contributed by atoms with Crippen LogP contribution in [0.3, 0.4) is 0 Å². The number of carbonyl (C=O) groups excluding carboxylic acids is 1. The molecule has 0 heterocycles. The lowest BCUT2D eigenvalue weighted by molar-refractivity contribution is -0.121. The lowest BCUT2D eigenvalue weighted by atomic mass is 10.2. The van der Waals surface area contributed by atoms with Crippen LogP contribution in [0.25, 0.3) is 0 Å². The highest BCUT2D eigenvalue weighted by Gasteiger charge is 2.03. The van der Waals surface area contributed by atoms with Crippen LogP contribution in [0.4, 0.5) is 5.69 Å². The number of rotatable bonds is 6. The number of carbonyl (C=O) groups is 1. The maximum absolute atomic E-state index is 11.8. The van der Waals surface area contributed by atoms with E-state index in [4.69, 9.17) is 28.6 Å². The normalized spacial score (nSPS) is 10.0. The molecule has 3 N–H and O–H groups in total. The van der Waals surface area contributed by atoms with Crippen LogP contribution in [0.5, 0.6) is 5.75 Å². The molecule has 0 aromatic heterocycles. The number of amides is 1. The number of benzene rings is 2. The van der Waals surface area contributed by atoms with Crippen molar-refractivity contribution in [3.63, 3.8) is 0 Å². The Hall–Kier alpha value is -2.31. The molecule has 0 aliphatic heterocycles. The number of anilines is 1. The number of hydrogen-bond acceptors (Lipinski definition) is 3. The van der Waals surface area contributed by atoms with E-state index in [9.17, 15) is 4.79 Å². The molecule has 0 bridgehead atoms. The van der Waals surface area contributed by atoms with Crippen LogP contribution in [0, 0.1) is 6.92 Å². The molecule has 0 saturated carbocycles. The first-order valence-corrected chi connectivity index (χ1v) is 8.62. The van der Waals surface area contributed by atoms with E-state index < -0.39 is 0 Å². The van der Waals surface area contributed by atoms with Crippen molar-refractivity contribution >= 4 is 40.5 Å². The molecule has 132 valence electrons. The Morgan fingerprint density at radius 2 is 1.92 bits per heavy atom. The maximum atomic E-state index is 11.8. The number of hydrazine groups is 1. The van der Waals surface area contributed by atoms with Gasteiger partial charge in [0.15, 0.2) is 5.11 Å². The zero-order valence-electron chi connectivity index (χ0n) is 13.8. The van der Waals surface area contributed by atoms with Crippen LogP contribution in [0.1, 0.15) is 18.4 Å². The predicted molar refractivity (Wildman–Crippen MR) is 105 cm³/mol. The predicted octanol–water partition coefficient (Wildman–Crippen LogP) is 3.83. The smallest absolute Gasteiger partial charge is 0.238 e. The van der Waals surface area contributed by atoms with E-state index in [0.29, 0.717) is 24.5 Å². The van der Waals surface area contributed by atoms with E-state index in [2.05, 4.69) is 16.2 Å². The lowest BCUT2D eigenvalue weighted by Crippen LogP contribution is -2.43. The van der Waals surface area contributed by atoms with Gasteiger partial charge in [-0.05, 0) is 55.9 Å². The summed E-state index contributed by atoms with van der Waals surface area (Å²) in [4.78, 5) is 11.8. The highest BCUT2D eigenvalue weighted by atomic mass is 35.5. The van der Waals surface area contributed by atoms with Crippen molar-refractivity contribution in [2.75, 3.05) is 11.9 Å². The van der Waals surface area contributed by atoms with Gasteiger partial charge in [-0.3, -0.25) is 15.6 Å². The molecule has 25 heavy (non-hydrogen) atoms. The number of halogens is 1. The van der Waals surface area contributed by atoms with Crippen molar-refractivity contribution in [3.8, 4) is 5.75 Å². The van der Waals surface area contributed by atoms with E-state index in [1.807, 2.05) is 37.3 Å². The summed E-state index contributed by atoms with van der Waals surface area (Å²) in [5.74, 6) is 0.638. The SMILES string of the molecule is Cc1ccc(OCCCC(=O)NNC(=S)Nc2cccc(Cl)c2)cc1. The average molecular weight is 378 g/mol. The third kappa shape index (κ3) is 7.41. The molecule has 0 saturated heterocycles. The summed E-state index contributed by atoms with van der Waals surface area (Å²) in [7, 11) is 0. The molecule has 0 spiro atoms. The fourth-order valence-corrected chi connectivity index (χ4v) is 2.33. The molecular formula is C18H20ClN3O2S. The summed E-state index contributed by atoms with van der Waals surface area (Å²) >= 11 is 11.0. The Morgan fingerprint density at radius 3 is 2.64 bits per heavy atom. The van der Waals surface area contributed by atoms with Crippen molar-refractivity contribution in [1.29, 1.82) is 0 Å². The van der Waals surface area contributed by atoms with Gasteiger partial charge in [0, 0.05) is 17.1 Å². The zero-order valence-corrected chi connectivity index (χ0v) is 15.4. The van der Waals surface area contributed by atoms with Gasteiger partial charge in [-0.2, -0.15) is 0 Å². The van der Waals surface area contributed by atoms with E-state index in [-0.39, 0.29) is 11.0 Å². The van der Waals surface area contributed by atoms with Crippen LogP contribution < -0.4 is 20.9 Å². The molecule has 1 amide bonds. The second-order valence-electron chi connectivity index (χ2n) is 5.40. The van der Waals surface area contributed by atoms with Gasteiger partial charge in [-0.1, -0.05) is 35.4 Å². The molecule has 0 unspecified atom stereocenters.